The van der Waals surface area contributed by atoms with Gasteiger partial charge in [0.05, 0.1) is 18.1 Å². The molecule has 0 aliphatic carbocycles. The van der Waals surface area contributed by atoms with Crippen molar-refractivity contribution in [3.63, 3.8) is 0 Å². The molecular formula is C16H14N2O. The lowest BCUT2D eigenvalue weighted by molar-refractivity contribution is 0.392. The maximum atomic E-state index is 5.35. The molecule has 0 saturated carbocycles. The van der Waals surface area contributed by atoms with E-state index in [0.717, 1.165) is 23.1 Å². The van der Waals surface area contributed by atoms with E-state index in [9.17, 15) is 0 Å². The van der Waals surface area contributed by atoms with Gasteiger partial charge in [-0.1, -0.05) is 42.5 Å². The Morgan fingerprint density at radius 3 is 2.16 bits per heavy atom. The Balaban J connectivity index is 2.06. The highest BCUT2D eigenvalue weighted by Gasteiger charge is 2.09. The molecule has 0 atom stereocenters. The lowest BCUT2D eigenvalue weighted by Gasteiger charge is -2.08. The highest BCUT2D eigenvalue weighted by molar-refractivity contribution is 5.74. The second-order valence-corrected chi connectivity index (χ2v) is 4.33. The average Bonchev–Trinajstić information content (AvgIpc) is 2.47. The summed E-state index contributed by atoms with van der Waals surface area (Å²) in [4.78, 5) is 9.16. The van der Waals surface area contributed by atoms with Crippen LogP contribution in [0.4, 0.5) is 0 Å². The number of fused-ring (bicyclic) bond motifs is 1. The van der Waals surface area contributed by atoms with E-state index in [1.165, 1.54) is 5.56 Å². The van der Waals surface area contributed by atoms with Gasteiger partial charge in [0.2, 0.25) is 5.88 Å². The molecule has 0 radical (unpaired) electrons. The number of hydrogen-bond acceptors (Lipinski definition) is 3. The van der Waals surface area contributed by atoms with E-state index >= 15 is 0 Å². The molecule has 1 heterocycles. The van der Waals surface area contributed by atoms with Gasteiger partial charge in [-0.05, 0) is 17.7 Å². The Morgan fingerprint density at radius 1 is 0.842 bits per heavy atom. The fraction of sp³-hybridized carbons (Fsp3) is 0.125. The van der Waals surface area contributed by atoms with Crippen LogP contribution in [0, 0.1) is 0 Å². The third-order valence-corrected chi connectivity index (χ3v) is 3.01. The smallest absolute Gasteiger partial charge is 0.236 e. The van der Waals surface area contributed by atoms with Gasteiger partial charge in [0.1, 0.15) is 5.69 Å². The van der Waals surface area contributed by atoms with E-state index in [1.54, 1.807) is 7.11 Å². The SMILES string of the molecule is COc1nc2ccccc2nc1Cc1ccccc1. The summed E-state index contributed by atoms with van der Waals surface area (Å²) in [7, 11) is 1.63. The Labute approximate surface area is 111 Å². The van der Waals surface area contributed by atoms with Crippen molar-refractivity contribution in [2.75, 3.05) is 7.11 Å². The van der Waals surface area contributed by atoms with Gasteiger partial charge in [0.25, 0.3) is 0 Å². The minimum absolute atomic E-state index is 0.600. The zero-order valence-electron chi connectivity index (χ0n) is 10.7. The molecular weight excluding hydrogens is 236 g/mol. The van der Waals surface area contributed by atoms with E-state index in [-0.39, 0.29) is 0 Å². The topological polar surface area (TPSA) is 35.0 Å². The van der Waals surface area contributed by atoms with Crippen LogP contribution in [-0.4, -0.2) is 17.1 Å². The van der Waals surface area contributed by atoms with Crippen molar-refractivity contribution in [1.29, 1.82) is 0 Å². The molecule has 0 fully saturated rings. The van der Waals surface area contributed by atoms with Gasteiger partial charge in [-0.25, -0.2) is 9.97 Å². The van der Waals surface area contributed by atoms with Crippen molar-refractivity contribution in [3.05, 3.63) is 65.9 Å². The van der Waals surface area contributed by atoms with E-state index < -0.39 is 0 Å². The highest BCUT2D eigenvalue weighted by Crippen LogP contribution is 2.21. The molecule has 0 N–H and O–H groups in total. The Bertz CT molecular complexity index is 695. The first-order chi connectivity index (χ1) is 9.36. The Hall–Kier alpha value is -2.42. The van der Waals surface area contributed by atoms with Gasteiger partial charge in [-0.2, -0.15) is 0 Å². The second-order valence-electron chi connectivity index (χ2n) is 4.33. The van der Waals surface area contributed by atoms with Gasteiger partial charge < -0.3 is 4.74 Å². The molecule has 0 saturated heterocycles. The van der Waals surface area contributed by atoms with Crippen LogP contribution in [0.3, 0.4) is 0 Å². The van der Waals surface area contributed by atoms with Crippen LogP contribution in [0.25, 0.3) is 11.0 Å². The van der Waals surface area contributed by atoms with Crippen molar-refractivity contribution in [2.45, 2.75) is 6.42 Å². The summed E-state index contributed by atoms with van der Waals surface area (Å²) in [5.74, 6) is 0.600. The third-order valence-electron chi connectivity index (χ3n) is 3.01. The van der Waals surface area contributed by atoms with Crippen molar-refractivity contribution in [3.8, 4) is 5.88 Å². The number of ether oxygens (including phenoxy) is 1. The molecule has 0 bridgehead atoms. The molecule has 94 valence electrons. The van der Waals surface area contributed by atoms with Crippen molar-refractivity contribution in [2.24, 2.45) is 0 Å². The first-order valence-corrected chi connectivity index (χ1v) is 6.20. The van der Waals surface area contributed by atoms with Crippen LogP contribution >= 0.6 is 0 Å². The average molecular weight is 250 g/mol. The molecule has 0 amide bonds. The fourth-order valence-corrected chi connectivity index (χ4v) is 2.09. The van der Waals surface area contributed by atoms with Crippen LogP contribution in [0.1, 0.15) is 11.3 Å². The second kappa shape index (κ2) is 5.06. The maximum Gasteiger partial charge on any atom is 0.236 e. The monoisotopic (exact) mass is 250 g/mol. The summed E-state index contributed by atoms with van der Waals surface area (Å²) in [6.45, 7) is 0. The number of aromatic nitrogens is 2. The van der Waals surface area contributed by atoms with Crippen LogP contribution in [0.15, 0.2) is 54.6 Å². The van der Waals surface area contributed by atoms with Crippen LogP contribution in [-0.2, 0) is 6.42 Å². The molecule has 0 spiro atoms. The first-order valence-electron chi connectivity index (χ1n) is 6.20. The maximum absolute atomic E-state index is 5.35. The largest absolute Gasteiger partial charge is 0.480 e. The van der Waals surface area contributed by atoms with Gasteiger partial charge in [-0.3, -0.25) is 0 Å². The third kappa shape index (κ3) is 2.40. The number of benzene rings is 2. The molecule has 1 aromatic heterocycles. The Morgan fingerprint density at radius 2 is 1.47 bits per heavy atom. The van der Waals surface area contributed by atoms with Gasteiger partial charge in [0.15, 0.2) is 0 Å². The Kier molecular flexibility index (Phi) is 3.11. The van der Waals surface area contributed by atoms with E-state index in [0.29, 0.717) is 5.88 Å². The van der Waals surface area contributed by atoms with Gasteiger partial charge in [0, 0.05) is 6.42 Å². The van der Waals surface area contributed by atoms with E-state index in [2.05, 4.69) is 22.1 Å². The fourth-order valence-electron chi connectivity index (χ4n) is 2.09. The molecule has 0 aliphatic rings. The molecule has 3 rings (SSSR count). The molecule has 0 unspecified atom stereocenters. The lowest BCUT2D eigenvalue weighted by atomic mass is 10.1. The lowest BCUT2D eigenvalue weighted by Crippen LogP contribution is -2.00. The molecule has 3 nitrogen and oxygen atoms in total. The zero-order chi connectivity index (χ0) is 13.1. The number of methoxy groups -OCH3 is 1. The number of nitrogens with zero attached hydrogens (tertiary/aromatic N) is 2. The number of rotatable bonds is 3. The molecule has 0 aliphatic heterocycles. The van der Waals surface area contributed by atoms with Gasteiger partial charge >= 0.3 is 0 Å². The van der Waals surface area contributed by atoms with Crippen LogP contribution in [0.5, 0.6) is 5.88 Å². The van der Waals surface area contributed by atoms with E-state index in [1.807, 2.05) is 42.5 Å². The zero-order valence-corrected chi connectivity index (χ0v) is 10.7. The molecule has 19 heavy (non-hydrogen) atoms. The van der Waals surface area contributed by atoms with Crippen molar-refractivity contribution < 1.29 is 4.74 Å². The summed E-state index contributed by atoms with van der Waals surface area (Å²) in [5, 5.41) is 0. The normalized spacial score (nSPS) is 10.6. The highest BCUT2D eigenvalue weighted by atomic mass is 16.5. The van der Waals surface area contributed by atoms with Crippen LogP contribution in [0.2, 0.25) is 0 Å². The minimum atomic E-state index is 0.600. The summed E-state index contributed by atoms with van der Waals surface area (Å²) < 4.78 is 5.35. The van der Waals surface area contributed by atoms with E-state index in [4.69, 9.17) is 4.74 Å². The summed E-state index contributed by atoms with van der Waals surface area (Å²) in [6, 6.07) is 18.0. The molecule has 2 aromatic carbocycles. The molecule has 3 heteroatoms. The minimum Gasteiger partial charge on any atom is -0.480 e. The quantitative estimate of drug-likeness (QED) is 0.715. The predicted molar refractivity (Wildman–Crippen MR) is 75.3 cm³/mol. The predicted octanol–water partition coefficient (Wildman–Crippen LogP) is 3.23. The van der Waals surface area contributed by atoms with Crippen LogP contribution < -0.4 is 4.74 Å². The van der Waals surface area contributed by atoms with Gasteiger partial charge in [-0.15, -0.1) is 0 Å². The summed E-state index contributed by atoms with van der Waals surface area (Å²) in [6.07, 6.45) is 0.724. The van der Waals surface area contributed by atoms with Crippen molar-refractivity contribution >= 4 is 11.0 Å². The summed E-state index contributed by atoms with van der Waals surface area (Å²) in [5.41, 5.74) is 3.82. The number of para-hydroxylation sites is 2. The first kappa shape index (κ1) is 11.7. The number of hydrogen-bond donors (Lipinski definition) is 0. The standard InChI is InChI=1S/C16H14N2O/c1-19-16-15(11-12-7-3-2-4-8-12)17-13-9-5-6-10-14(13)18-16/h2-10H,11H2,1H3. The summed E-state index contributed by atoms with van der Waals surface area (Å²) >= 11 is 0. The van der Waals surface area contributed by atoms with Crippen molar-refractivity contribution in [1.82, 2.24) is 9.97 Å². The molecule has 3 aromatic rings.